The van der Waals surface area contributed by atoms with Crippen molar-refractivity contribution in [3.05, 3.63) is 47.0 Å². The number of piperidine rings is 1. The van der Waals surface area contributed by atoms with E-state index in [2.05, 4.69) is 20.1 Å². The lowest BCUT2D eigenvalue weighted by Gasteiger charge is -2.41. The largest absolute Gasteiger partial charge is 0.341 e. The second-order valence-electron chi connectivity index (χ2n) is 8.82. The molecule has 8 heteroatoms. The van der Waals surface area contributed by atoms with Crippen molar-refractivity contribution >= 4 is 5.91 Å². The van der Waals surface area contributed by atoms with Gasteiger partial charge < -0.3 is 4.90 Å². The molecule has 1 amide bonds. The van der Waals surface area contributed by atoms with Crippen LogP contribution >= 0.6 is 0 Å². The van der Waals surface area contributed by atoms with E-state index in [1.54, 1.807) is 6.07 Å². The van der Waals surface area contributed by atoms with Gasteiger partial charge in [-0.3, -0.25) is 14.8 Å². The van der Waals surface area contributed by atoms with Crippen LogP contribution < -0.4 is 0 Å². The number of hydrogen-bond donors (Lipinski definition) is 1. The van der Waals surface area contributed by atoms with Gasteiger partial charge in [-0.1, -0.05) is 6.07 Å². The van der Waals surface area contributed by atoms with E-state index < -0.39 is 11.6 Å². The molecule has 2 aromatic rings. The maximum atomic E-state index is 13.6. The number of carbonyl (C=O) groups excluding carboxylic acids is 1. The number of amides is 1. The summed E-state index contributed by atoms with van der Waals surface area (Å²) >= 11 is 0. The molecule has 2 atom stereocenters. The Labute approximate surface area is 168 Å². The molecule has 0 radical (unpaired) electrons. The summed E-state index contributed by atoms with van der Waals surface area (Å²) in [5, 5.41) is 7.43. The van der Waals surface area contributed by atoms with Gasteiger partial charge in [0.25, 0.3) is 0 Å². The number of nitrogens with zero attached hydrogens (tertiary/aromatic N) is 4. The summed E-state index contributed by atoms with van der Waals surface area (Å²) < 4.78 is 26.8. The number of carbonyl (C=O) groups is 1. The Morgan fingerprint density at radius 1 is 1.28 bits per heavy atom. The number of hydrogen-bond acceptors (Lipinski definition) is 4. The fraction of sp³-hybridized carbons (Fsp3) is 0.571. The van der Waals surface area contributed by atoms with Crippen LogP contribution in [0.4, 0.5) is 8.78 Å². The molecule has 3 fully saturated rings. The van der Waals surface area contributed by atoms with Crippen molar-refractivity contribution in [2.75, 3.05) is 26.2 Å². The minimum atomic E-state index is -0.823. The van der Waals surface area contributed by atoms with E-state index in [0.29, 0.717) is 19.6 Å². The van der Waals surface area contributed by atoms with Crippen LogP contribution in [0, 0.1) is 30.4 Å². The van der Waals surface area contributed by atoms with Crippen molar-refractivity contribution in [2.24, 2.45) is 11.8 Å². The van der Waals surface area contributed by atoms with Gasteiger partial charge in [0.15, 0.2) is 17.5 Å². The second kappa shape index (κ2) is 6.86. The zero-order valence-electron chi connectivity index (χ0n) is 16.5. The monoisotopic (exact) mass is 401 g/mol. The van der Waals surface area contributed by atoms with Gasteiger partial charge in [0, 0.05) is 38.0 Å². The quantitative estimate of drug-likeness (QED) is 0.855. The summed E-state index contributed by atoms with van der Waals surface area (Å²) in [6.07, 6.45) is 2.83. The molecule has 0 spiro atoms. The molecule has 154 valence electrons. The van der Waals surface area contributed by atoms with Gasteiger partial charge in [-0.25, -0.2) is 13.8 Å². The Bertz CT molecular complexity index is 943. The van der Waals surface area contributed by atoms with Crippen molar-refractivity contribution in [3.8, 4) is 0 Å². The zero-order chi connectivity index (χ0) is 20.2. The molecule has 1 aliphatic carbocycles. The van der Waals surface area contributed by atoms with Gasteiger partial charge in [0.2, 0.25) is 5.91 Å². The molecule has 6 nitrogen and oxygen atoms in total. The molecule has 1 aromatic heterocycles. The fourth-order valence-corrected chi connectivity index (χ4v) is 4.98. The third-order valence-corrected chi connectivity index (χ3v) is 6.72. The van der Waals surface area contributed by atoms with Crippen LogP contribution in [-0.2, 0) is 16.8 Å². The highest BCUT2D eigenvalue weighted by molar-refractivity contribution is 5.81. The average molecular weight is 401 g/mol. The number of nitrogens with one attached hydrogen (secondary N) is 1. The molecular formula is C21H25F2N5O. The molecule has 2 saturated heterocycles. The topological polar surface area (TPSA) is 65.1 Å². The number of aryl methyl sites for hydroxylation is 1. The lowest BCUT2D eigenvalue weighted by molar-refractivity contribution is -0.131. The highest BCUT2D eigenvalue weighted by atomic mass is 19.2. The first-order valence-corrected chi connectivity index (χ1v) is 10.3. The van der Waals surface area contributed by atoms with Gasteiger partial charge in [0.1, 0.15) is 5.82 Å². The Kier molecular flexibility index (Phi) is 4.42. The van der Waals surface area contributed by atoms with Gasteiger partial charge in [-0.2, -0.15) is 5.10 Å². The molecule has 5 rings (SSSR count). The molecule has 1 saturated carbocycles. The summed E-state index contributed by atoms with van der Waals surface area (Å²) in [4.78, 5) is 21.7. The van der Waals surface area contributed by atoms with Crippen LogP contribution in [0.2, 0.25) is 0 Å². The van der Waals surface area contributed by atoms with Crippen LogP contribution in [-0.4, -0.2) is 57.1 Å². The van der Waals surface area contributed by atoms with Crippen LogP contribution in [0.1, 0.15) is 36.5 Å². The van der Waals surface area contributed by atoms with Gasteiger partial charge >= 0.3 is 0 Å². The van der Waals surface area contributed by atoms with Gasteiger partial charge in [-0.15, -0.1) is 0 Å². The van der Waals surface area contributed by atoms with Crippen molar-refractivity contribution in [1.82, 2.24) is 25.0 Å². The highest BCUT2D eigenvalue weighted by Crippen LogP contribution is 2.45. The SMILES string of the molecule is Cc1nc([C@@]23CCN(Cc4ccc(F)c(F)c4)C[C@@H]2CN(C(=O)C2CC2)C3)n[nH]1. The summed E-state index contributed by atoms with van der Waals surface area (Å²) in [5.41, 5.74) is 0.522. The minimum absolute atomic E-state index is 0.194. The Hall–Kier alpha value is -2.35. The van der Waals surface area contributed by atoms with Crippen LogP contribution in [0.15, 0.2) is 18.2 Å². The molecule has 1 aromatic carbocycles. The molecule has 1 N–H and O–H groups in total. The maximum Gasteiger partial charge on any atom is 0.225 e. The fourth-order valence-electron chi connectivity index (χ4n) is 4.98. The summed E-state index contributed by atoms with van der Waals surface area (Å²) in [6.45, 7) is 5.41. The molecular weight excluding hydrogens is 376 g/mol. The molecule has 3 aliphatic rings. The number of halogens is 2. The minimum Gasteiger partial charge on any atom is -0.341 e. The van der Waals surface area contributed by atoms with Crippen LogP contribution in [0.3, 0.4) is 0 Å². The second-order valence-corrected chi connectivity index (χ2v) is 8.82. The van der Waals surface area contributed by atoms with E-state index in [1.165, 1.54) is 12.1 Å². The standard InChI is InChI=1S/C21H25F2N5O/c1-13-24-20(26-25-13)21-6-7-27(9-14-2-5-17(22)18(23)8-14)10-16(21)11-28(12-21)19(29)15-3-4-15/h2,5,8,15-16H,3-4,6-7,9-12H2,1H3,(H,24,25,26)/t16-,21-/m1/s1. The van der Waals surface area contributed by atoms with E-state index in [0.717, 1.165) is 49.6 Å². The number of benzene rings is 1. The third kappa shape index (κ3) is 3.33. The van der Waals surface area contributed by atoms with E-state index >= 15 is 0 Å². The number of aromatic nitrogens is 3. The first kappa shape index (κ1) is 18.7. The molecule has 29 heavy (non-hydrogen) atoms. The predicted octanol–water partition coefficient (Wildman–Crippen LogP) is 2.40. The summed E-state index contributed by atoms with van der Waals surface area (Å²) in [6, 6.07) is 4.09. The predicted molar refractivity (Wildman–Crippen MR) is 102 cm³/mol. The number of likely N-dealkylation sites (tertiary alicyclic amines) is 2. The van der Waals surface area contributed by atoms with E-state index in [1.807, 2.05) is 11.8 Å². The highest BCUT2D eigenvalue weighted by Gasteiger charge is 2.54. The maximum absolute atomic E-state index is 13.6. The molecule has 0 bridgehead atoms. The molecule has 3 heterocycles. The van der Waals surface area contributed by atoms with Gasteiger partial charge in [0.05, 0.1) is 5.41 Å². The molecule has 2 aliphatic heterocycles. The van der Waals surface area contributed by atoms with Gasteiger partial charge in [-0.05, 0) is 50.4 Å². The first-order chi connectivity index (χ1) is 13.9. The lowest BCUT2D eigenvalue weighted by atomic mass is 9.72. The zero-order valence-corrected chi connectivity index (χ0v) is 16.5. The summed E-state index contributed by atoms with van der Waals surface area (Å²) in [5.74, 6) is 0.628. The Balaban J connectivity index is 1.38. The van der Waals surface area contributed by atoms with E-state index in [4.69, 9.17) is 0 Å². The lowest BCUT2D eigenvalue weighted by Crippen LogP contribution is -2.49. The van der Waals surface area contributed by atoms with Crippen molar-refractivity contribution < 1.29 is 13.6 Å². The molecule has 0 unspecified atom stereocenters. The normalized spacial score (nSPS) is 27.3. The number of H-pyrrole nitrogens is 1. The summed E-state index contributed by atoms with van der Waals surface area (Å²) in [7, 11) is 0. The average Bonchev–Trinajstić information content (AvgIpc) is 3.34. The smallest absolute Gasteiger partial charge is 0.225 e. The number of fused-ring (bicyclic) bond motifs is 1. The van der Waals surface area contributed by atoms with E-state index in [-0.39, 0.29) is 23.2 Å². The Morgan fingerprint density at radius 3 is 2.79 bits per heavy atom. The van der Waals surface area contributed by atoms with E-state index in [9.17, 15) is 13.6 Å². The number of rotatable bonds is 4. The van der Waals surface area contributed by atoms with Crippen LogP contribution in [0.5, 0.6) is 0 Å². The third-order valence-electron chi connectivity index (χ3n) is 6.72. The Morgan fingerprint density at radius 2 is 2.10 bits per heavy atom. The van der Waals surface area contributed by atoms with Crippen molar-refractivity contribution in [3.63, 3.8) is 0 Å². The van der Waals surface area contributed by atoms with Crippen molar-refractivity contribution in [1.29, 1.82) is 0 Å². The van der Waals surface area contributed by atoms with Crippen molar-refractivity contribution in [2.45, 2.75) is 38.1 Å². The van der Waals surface area contributed by atoms with Crippen LogP contribution in [0.25, 0.3) is 0 Å². The number of aromatic amines is 1. The first-order valence-electron chi connectivity index (χ1n) is 10.3.